The standard InChI is InChI=1S/C15H21ClN4OS/c1-9-6-15(7-11(19-9)12(20-17)8-18-2)14-10(3-4-21-15)5-13(16)22-14/h5,8-9,11,19H,3-4,6-7,17H2,1-2H3/b18-8?,20-12+/t9-,11-,15-/m0/s1. The molecule has 3 N–H and O–H groups in total. The van der Waals surface area contributed by atoms with E-state index in [1.807, 2.05) is 0 Å². The Labute approximate surface area is 139 Å². The van der Waals surface area contributed by atoms with E-state index in [4.69, 9.17) is 22.2 Å². The lowest BCUT2D eigenvalue weighted by molar-refractivity contribution is -0.0893. The van der Waals surface area contributed by atoms with Gasteiger partial charge in [0.25, 0.3) is 0 Å². The van der Waals surface area contributed by atoms with E-state index >= 15 is 0 Å². The summed E-state index contributed by atoms with van der Waals surface area (Å²) < 4.78 is 7.12. The van der Waals surface area contributed by atoms with Crippen LogP contribution in [0.4, 0.5) is 0 Å². The number of aliphatic imine (C=N–C) groups is 1. The Morgan fingerprint density at radius 2 is 2.41 bits per heavy atom. The minimum atomic E-state index is -0.293. The highest BCUT2D eigenvalue weighted by Gasteiger charge is 2.46. The third-order valence-corrected chi connectivity index (χ3v) is 5.86. The maximum Gasteiger partial charge on any atom is 0.106 e. The van der Waals surface area contributed by atoms with Crippen molar-refractivity contribution >= 4 is 34.9 Å². The molecule has 1 aromatic heterocycles. The number of nitrogens with two attached hydrogens (primary N) is 1. The van der Waals surface area contributed by atoms with Gasteiger partial charge in [-0.15, -0.1) is 11.3 Å². The van der Waals surface area contributed by atoms with Gasteiger partial charge in [0.15, 0.2) is 0 Å². The van der Waals surface area contributed by atoms with Crippen LogP contribution in [0, 0.1) is 0 Å². The SMILES string of the molecule is CN=C/C(=N\N)[C@@H]1C[C@]2(C[C@H](C)N1)OCCc1cc(Cl)sc12. The molecule has 7 heteroatoms. The Bertz CT molecular complexity index is 615. The largest absolute Gasteiger partial charge is 0.369 e. The van der Waals surface area contributed by atoms with Crippen LogP contribution in [0.25, 0.3) is 0 Å². The maximum atomic E-state index is 6.29. The minimum Gasteiger partial charge on any atom is -0.369 e. The number of nitrogens with zero attached hydrogens (tertiary/aromatic N) is 2. The van der Waals surface area contributed by atoms with E-state index in [1.165, 1.54) is 10.4 Å². The number of fused-ring (bicyclic) bond motifs is 2. The summed E-state index contributed by atoms with van der Waals surface area (Å²) in [6.07, 6.45) is 4.37. The summed E-state index contributed by atoms with van der Waals surface area (Å²) >= 11 is 7.89. The quantitative estimate of drug-likeness (QED) is 0.493. The van der Waals surface area contributed by atoms with Gasteiger partial charge in [-0.2, -0.15) is 5.10 Å². The lowest BCUT2D eigenvalue weighted by Crippen LogP contribution is -2.56. The number of rotatable bonds is 2. The number of hydrogen-bond donors (Lipinski definition) is 2. The molecule has 2 aliphatic rings. The van der Waals surface area contributed by atoms with E-state index in [-0.39, 0.29) is 11.6 Å². The fraction of sp³-hybridized carbons (Fsp3) is 0.600. The second-order valence-electron chi connectivity index (χ2n) is 5.97. The van der Waals surface area contributed by atoms with Crippen LogP contribution in [0.15, 0.2) is 16.2 Å². The van der Waals surface area contributed by atoms with Crippen molar-refractivity contribution in [2.75, 3.05) is 13.7 Å². The van der Waals surface area contributed by atoms with Crippen LogP contribution in [0.2, 0.25) is 4.34 Å². The van der Waals surface area contributed by atoms with Crippen molar-refractivity contribution in [3.63, 3.8) is 0 Å². The molecular weight excluding hydrogens is 320 g/mol. The molecule has 3 heterocycles. The lowest BCUT2D eigenvalue weighted by Gasteiger charge is -2.46. The Morgan fingerprint density at radius 1 is 1.59 bits per heavy atom. The first-order valence-corrected chi connectivity index (χ1v) is 8.66. The van der Waals surface area contributed by atoms with Gasteiger partial charge >= 0.3 is 0 Å². The van der Waals surface area contributed by atoms with Gasteiger partial charge in [-0.25, -0.2) is 0 Å². The van der Waals surface area contributed by atoms with Gasteiger partial charge in [0.2, 0.25) is 0 Å². The molecular formula is C15H21ClN4OS. The van der Waals surface area contributed by atoms with Gasteiger partial charge in [-0.05, 0) is 31.4 Å². The summed E-state index contributed by atoms with van der Waals surface area (Å²) in [5, 5.41) is 7.45. The highest BCUT2D eigenvalue weighted by atomic mass is 35.5. The molecule has 1 fully saturated rings. The molecule has 0 radical (unpaired) electrons. The molecule has 1 aromatic rings. The molecule has 0 bridgehead atoms. The Kier molecular flexibility index (Phi) is 4.54. The molecule has 2 aliphatic heterocycles. The summed E-state index contributed by atoms with van der Waals surface area (Å²) in [5.74, 6) is 5.55. The highest BCUT2D eigenvalue weighted by molar-refractivity contribution is 7.16. The Morgan fingerprint density at radius 3 is 3.14 bits per heavy atom. The molecule has 120 valence electrons. The summed E-state index contributed by atoms with van der Waals surface area (Å²) in [7, 11) is 1.72. The molecule has 1 saturated heterocycles. The van der Waals surface area contributed by atoms with Crippen molar-refractivity contribution in [2.24, 2.45) is 15.9 Å². The Balaban J connectivity index is 1.97. The number of halogens is 1. The number of nitrogens with one attached hydrogen (secondary N) is 1. The van der Waals surface area contributed by atoms with Gasteiger partial charge < -0.3 is 15.9 Å². The smallest absolute Gasteiger partial charge is 0.106 e. The molecule has 22 heavy (non-hydrogen) atoms. The minimum absolute atomic E-state index is 0.0317. The first-order valence-electron chi connectivity index (χ1n) is 7.46. The van der Waals surface area contributed by atoms with Crippen LogP contribution in [0.3, 0.4) is 0 Å². The topological polar surface area (TPSA) is 72.0 Å². The van der Waals surface area contributed by atoms with Crippen LogP contribution in [-0.4, -0.2) is 37.7 Å². The number of ether oxygens (including phenoxy) is 1. The zero-order valence-electron chi connectivity index (χ0n) is 12.8. The van der Waals surface area contributed by atoms with E-state index in [9.17, 15) is 0 Å². The number of hydrogen-bond acceptors (Lipinski definition) is 6. The predicted octanol–water partition coefficient (Wildman–Crippen LogP) is 2.33. The highest BCUT2D eigenvalue weighted by Crippen LogP contribution is 2.47. The van der Waals surface area contributed by atoms with E-state index in [0.29, 0.717) is 6.04 Å². The van der Waals surface area contributed by atoms with Gasteiger partial charge in [-0.3, -0.25) is 4.99 Å². The molecule has 0 aromatic carbocycles. The fourth-order valence-corrected chi connectivity index (χ4v) is 5.06. The first kappa shape index (κ1) is 15.9. The van der Waals surface area contributed by atoms with Gasteiger partial charge in [-0.1, -0.05) is 11.6 Å². The predicted molar refractivity (Wildman–Crippen MR) is 92.3 cm³/mol. The molecule has 3 atom stereocenters. The second-order valence-corrected chi connectivity index (χ2v) is 7.65. The zero-order valence-corrected chi connectivity index (χ0v) is 14.4. The van der Waals surface area contributed by atoms with Crippen molar-refractivity contribution in [3.8, 4) is 0 Å². The van der Waals surface area contributed by atoms with Crippen LogP contribution in [0.1, 0.15) is 30.2 Å². The summed E-state index contributed by atoms with van der Waals surface area (Å²) in [5.41, 5.74) is 1.79. The van der Waals surface area contributed by atoms with E-state index < -0.39 is 0 Å². The molecule has 0 saturated carbocycles. The van der Waals surface area contributed by atoms with Crippen molar-refractivity contribution in [2.45, 2.75) is 43.9 Å². The zero-order chi connectivity index (χ0) is 15.7. The molecule has 1 spiro atoms. The number of thiophene rings is 1. The third-order valence-electron chi connectivity index (χ3n) is 4.37. The van der Waals surface area contributed by atoms with Crippen molar-refractivity contribution < 1.29 is 4.74 Å². The Hall–Kier alpha value is -0.950. The fourth-order valence-electron chi connectivity index (χ4n) is 3.60. The third kappa shape index (κ3) is 2.80. The van der Waals surface area contributed by atoms with E-state index in [0.717, 1.165) is 35.9 Å². The van der Waals surface area contributed by atoms with Gasteiger partial charge in [0.05, 0.1) is 22.7 Å². The normalized spacial score (nSPS) is 32.6. The van der Waals surface area contributed by atoms with Crippen molar-refractivity contribution in [1.29, 1.82) is 0 Å². The van der Waals surface area contributed by atoms with E-state index in [1.54, 1.807) is 24.6 Å². The summed E-state index contributed by atoms with van der Waals surface area (Å²) in [6, 6.07) is 2.41. The van der Waals surface area contributed by atoms with Gasteiger partial charge in [0.1, 0.15) is 5.60 Å². The maximum absolute atomic E-state index is 6.29. The van der Waals surface area contributed by atoms with Crippen molar-refractivity contribution in [1.82, 2.24) is 5.32 Å². The first-order chi connectivity index (χ1) is 10.6. The monoisotopic (exact) mass is 340 g/mol. The number of hydrazone groups is 1. The van der Waals surface area contributed by atoms with Crippen LogP contribution < -0.4 is 11.2 Å². The molecule has 3 rings (SSSR count). The van der Waals surface area contributed by atoms with Crippen molar-refractivity contribution in [3.05, 3.63) is 20.8 Å². The van der Waals surface area contributed by atoms with Crippen LogP contribution >= 0.6 is 22.9 Å². The van der Waals surface area contributed by atoms with E-state index in [2.05, 4.69) is 28.4 Å². The number of piperidine rings is 1. The molecule has 0 amide bonds. The summed E-state index contributed by atoms with van der Waals surface area (Å²) in [4.78, 5) is 5.32. The van der Waals surface area contributed by atoms with Crippen LogP contribution in [0.5, 0.6) is 0 Å². The average Bonchev–Trinajstić information content (AvgIpc) is 2.86. The molecule has 0 aliphatic carbocycles. The lowest BCUT2D eigenvalue weighted by atomic mass is 9.79. The molecule has 0 unspecified atom stereocenters. The molecule has 5 nitrogen and oxygen atoms in total. The summed E-state index contributed by atoms with van der Waals surface area (Å²) in [6.45, 7) is 2.90. The average molecular weight is 341 g/mol. The van der Waals surface area contributed by atoms with Crippen LogP contribution in [-0.2, 0) is 16.8 Å². The van der Waals surface area contributed by atoms with Gasteiger partial charge in [0, 0.05) is 30.6 Å². The second kappa shape index (κ2) is 6.28.